The number of rotatable bonds is 12. The number of amides is 7. The predicted molar refractivity (Wildman–Crippen MR) is 166 cm³/mol. The van der Waals surface area contributed by atoms with Gasteiger partial charge in [-0.25, -0.2) is 33.4 Å². The Balaban J connectivity index is 1.28. The fraction of sp³-hybridized carbons (Fsp3) is 0.241. The highest BCUT2D eigenvalue weighted by atomic mass is 35.5. The molecule has 3 heterocycles. The number of aromatic nitrogens is 1. The number of hydrogen-bond donors (Lipinski definition) is 4. The number of hydrogen-bond acceptors (Lipinski definition) is 10. The molecule has 1 unspecified atom stereocenters. The molecule has 2 fully saturated rings. The summed E-state index contributed by atoms with van der Waals surface area (Å²) in [5, 5.41) is 11.3. The molecule has 1 atom stereocenters. The van der Waals surface area contributed by atoms with Crippen molar-refractivity contribution in [1.82, 2.24) is 34.7 Å². The number of likely N-dealkylation sites (tertiary alicyclic amines) is 1. The second-order valence-corrected chi connectivity index (χ2v) is 12.1. The normalized spacial score (nSPS) is 15.9. The van der Waals surface area contributed by atoms with Gasteiger partial charge in [-0.3, -0.25) is 19.9 Å². The number of carbonyl (C=O) groups excluding carboxylic acids is 4. The van der Waals surface area contributed by atoms with Crippen LogP contribution in [0.15, 0.2) is 66.7 Å². The van der Waals surface area contributed by atoms with Gasteiger partial charge in [-0.1, -0.05) is 60.7 Å². The summed E-state index contributed by atoms with van der Waals surface area (Å²) in [5.74, 6) is -1.70. The summed E-state index contributed by atoms with van der Waals surface area (Å²) in [4.78, 5) is 66.1. The molecule has 7 amide bonds. The first-order valence-corrected chi connectivity index (χ1v) is 16.2. The van der Waals surface area contributed by atoms with E-state index in [1.807, 2.05) is 66.0 Å². The van der Waals surface area contributed by atoms with Crippen LogP contribution in [0.3, 0.4) is 0 Å². The number of nitrogens with zero attached hydrogens (tertiary/aromatic N) is 4. The first kappa shape index (κ1) is 33.7. The SMILES string of the molecule is O=C(O)NC1CN(C(=O)NS(=O)(=O)N2CCN(NC(=O)c3cc(OCc4ccccc4)c(OCc4ccccc4)c(CCl)n3)C2=O)C1=O. The third kappa shape index (κ3) is 7.67. The van der Waals surface area contributed by atoms with Crippen LogP contribution in [-0.4, -0.2) is 88.4 Å². The number of ether oxygens (including phenoxy) is 2. The number of urea groups is 2. The standard InChI is InChI=1S/C29H28ClN7O10S/c30-14-21-24(47-17-19-9-5-2-6-10-19)23(46-16-18-7-3-1-4-8-18)13-20(31-21)25(38)33-36-11-12-37(29(36)43)48(44,45)34-27(40)35-15-22(26(35)39)32-28(41)42/h1-10,13,22,32H,11-12,14-17H2,(H,33,38)(H,34,40)(H,41,42). The van der Waals surface area contributed by atoms with E-state index >= 15 is 0 Å². The van der Waals surface area contributed by atoms with E-state index in [9.17, 15) is 32.4 Å². The number of pyridine rings is 1. The average Bonchev–Trinajstić information content (AvgIpc) is 3.44. The van der Waals surface area contributed by atoms with Crippen molar-refractivity contribution in [3.63, 3.8) is 0 Å². The van der Waals surface area contributed by atoms with Gasteiger partial charge in [-0.2, -0.15) is 8.42 Å². The monoisotopic (exact) mass is 701 g/mol. The summed E-state index contributed by atoms with van der Waals surface area (Å²) >= 11 is 6.20. The fourth-order valence-corrected chi connectivity index (χ4v) is 5.85. The van der Waals surface area contributed by atoms with Gasteiger partial charge in [0.25, 0.3) is 11.8 Å². The van der Waals surface area contributed by atoms with Crippen molar-refractivity contribution in [2.45, 2.75) is 25.1 Å². The fourth-order valence-electron chi connectivity index (χ4n) is 4.60. The first-order chi connectivity index (χ1) is 23.0. The van der Waals surface area contributed by atoms with Gasteiger partial charge in [0, 0.05) is 6.07 Å². The van der Waals surface area contributed by atoms with Gasteiger partial charge >= 0.3 is 28.4 Å². The Hall–Kier alpha value is -5.62. The molecule has 3 aromatic rings. The lowest BCUT2D eigenvalue weighted by atomic mass is 10.1. The Kier molecular flexibility index (Phi) is 10.1. The summed E-state index contributed by atoms with van der Waals surface area (Å²) in [7, 11) is -4.82. The summed E-state index contributed by atoms with van der Waals surface area (Å²) in [6, 6.07) is 16.0. The molecule has 2 aromatic carbocycles. The van der Waals surface area contributed by atoms with Crippen molar-refractivity contribution in [2.75, 3.05) is 19.6 Å². The topological polar surface area (TPSA) is 217 Å². The molecule has 5 rings (SSSR count). The minimum absolute atomic E-state index is 0.109. The van der Waals surface area contributed by atoms with E-state index in [4.69, 9.17) is 26.2 Å². The molecule has 0 aliphatic carbocycles. The van der Waals surface area contributed by atoms with Gasteiger partial charge in [0.2, 0.25) is 0 Å². The highest BCUT2D eigenvalue weighted by Gasteiger charge is 2.45. The van der Waals surface area contributed by atoms with Gasteiger partial charge in [-0.05, 0) is 11.1 Å². The molecule has 2 aliphatic heterocycles. The largest absolute Gasteiger partial charge is 0.485 e. The lowest BCUT2D eigenvalue weighted by Gasteiger charge is -2.36. The lowest BCUT2D eigenvalue weighted by molar-refractivity contribution is -0.138. The number of imide groups is 1. The zero-order chi connectivity index (χ0) is 34.4. The van der Waals surface area contributed by atoms with Crippen LogP contribution in [0.2, 0.25) is 0 Å². The van der Waals surface area contributed by atoms with E-state index in [0.29, 0.717) is 9.91 Å². The molecule has 1 aromatic heterocycles. The van der Waals surface area contributed by atoms with Gasteiger partial charge in [-0.15, -0.1) is 11.6 Å². The quantitative estimate of drug-likeness (QED) is 0.158. The van der Waals surface area contributed by atoms with Crippen LogP contribution >= 0.6 is 11.6 Å². The molecule has 48 heavy (non-hydrogen) atoms. The molecular weight excluding hydrogens is 674 g/mol. The summed E-state index contributed by atoms with van der Waals surface area (Å²) < 4.78 is 39.6. The minimum Gasteiger partial charge on any atom is -0.485 e. The van der Waals surface area contributed by atoms with Crippen molar-refractivity contribution in [3.8, 4) is 11.5 Å². The minimum atomic E-state index is -4.82. The molecule has 252 valence electrons. The van der Waals surface area contributed by atoms with Crippen molar-refractivity contribution in [3.05, 3.63) is 89.2 Å². The van der Waals surface area contributed by atoms with Crippen LogP contribution in [0.5, 0.6) is 11.5 Å². The number of halogens is 1. The summed E-state index contributed by atoms with van der Waals surface area (Å²) in [6.45, 7) is -0.915. The molecule has 2 saturated heterocycles. The maximum Gasteiger partial charge on any atom is 0.405 e. The third-order valence-electron chi connectivity index (χ3n) is 7.02. The zero-order valence-electron chi connectivity index (χ0n) is 24.9. The number of alkyl halides is 1. The van der Waals surface area contributed by atoms with Gasteiger partial charge in [0.1, 0.15) is 30.6 Å². The molecule has 2 aliphatic rings. The molecule has 17 nitrogen and oxygen atoms in total. The molecule has 4 N–H and O–H groups in total. The molecule has 0 radical (unpaired) electrons. The second kappa shape index (κ2) is 14.4. The molecule has 0 saturated carbocycles. The molecule has 0 bridgehead atoms. The number of benzene rings is 2. The number of hydrazine groups is 1. The van der Waals surface area contributed by atoms with E-state index in [-0.39, 0.29) is 52.8 Å². The Morgan fingerprint density at radius 1 is 0.958 bits per heavy atom. The van der Waals surface area contributed by atoms with E-state index in [2.05, 4.69) is 10.4 Å². The van der Waals surface area contributed by atoms with Crippen LogP contribution < -0.4 is 24.9 Å². The van der Waals surface area contributed by atoms with Crippen molar-refractivity contribution >= 4 is 51.8 Å². The number of β-lactam (4-membered cyclic amide) rings is 1. The van der Waals surface area contributed by atoms with Crippen LogP contribution in [0.25, 0.3) is 0 Å². The van der Waals surface area contributed by atoms with Gasteiger partial charge in [0.15, 0.2) is 11.5 Å². The van der Waals surface area contributed by atoms with E-state index in [0.717, 1.165) is 11.1 Å². The Morgan fingerprint density at radius 3 is 2.17 bits per heavy atom. The maximum atomic E-state index is 13.3. The van der Waals surface area contributed by atoms with E-state index in [1.54, 1.807) is 4.72 Å². The summed E-state index contributed by atoms with van der Waals surface area (Å²) in [5.41, 5.74) is 3.94. The highest BCUT2D eigenvalue weighted by molar-refractivity contribution is 7.88. The Bertz CT molecular complexity index is 1830. The average molecular weight is 702 g/mol. The number of carboxylic acid groups (broad SMARTS) is 1. The van der Waals surface area contributed by atoms with Crippen molar-refractivity contribution in [1.29, 1.82) is 0 Å². The maximum absolute atomic E-state index is 13.3. The zero-order valence-corrected chi connectivity index (χ0v) is 26.4. The molecular formula is C29H28ClN7O10S. The predicted octanol–water partition coefficient (Wildman–Crippen LogP) is 1.79. The van der Waals surface area contributed by atoms with Crippen LogP contribution in [0.1, 0.15) is 27.3 Å². The summed E-state index contributed by atoms with van der Waals surface area (Å²) in [6.07, 6.45) is -1.50. The number of carbonyl (C=O) groups is 5. The smallest absolute Gasteiger partial charge is 0.405 e. The van der Waals surface area contributed by atoms with E-state index in [1.165, 1.54) is 6.07 Å². The van der Waals surface area contributed by atoms with Crippen LogP contribution in [0, 0.1) is 0 Å². The van der Waals surface area contributed by atoms with Crippen LogP contribution in [0.4, 0.5) is 14.4 Å². The Morgan fingerprint density at radius 2 is 1.58 bits per heavy atom. The first-order valence-electron chi connectivity index (χ1n) is 14.2. The van der Waals surface area contributed by atoms with Crippen LogP contribution in [-0.2, 0) is 34.1 Å². The lowest BCUT2D eigenvalue weighted by Crippen LogP contribution is -2.67. The number of nitrogens with one attached hydrogen (secondary N) is 3. The Labute approximate surface area is 278 Å². The van der Waals surface area contributed by atoms with Crippen molar-refractivity contribution in [2.24, 2.45) is 0 Å². The third-order valence-corrected chi connectivity index (χ3v) is 8.62. The molecule has 0 spiro atoms. The van der Waals surface area contributed by atoms with Crippen molar-refractivity contribution < 1.29 is 47.0 Å². The van der Waals surface area contributed by atoms with Gasteiger partial charge in [0.05, 0.1) is 25.5 Å². The second-order valence-electron chi connectivity index (χ2n) is 10.3. The van der Waals surface area contributed by atoms with Gasteiger partial charge < -0.3 is 19.9 Å². The highest BCUT2D eigenvalue weighted by Crippen LogP contribution is 2.34. The molecule has 19 heteroatoms. The van der Waals surface area contributed by atoms with E-state index < -0.39 is 59.3 Å².